The van der Waals surface area contributed by atoms with Crippen molar-refractivity contribution < 1.29 is 18.9 Å². The summed E-state index contributed by atoms with van der Waals surface area (Å²) < 4.78 is 5.91. The van der Waals surface area contributed by atoms with E-state index in [1.54, 1.807) is 61.5 Å². The summed E-state index contributed by atoms with van der Waals surface area (Å²) in [6.45, 7) is 3.67. The molecule has 0 radical (unpaired) electrons. The van der Waals surface area contributed by atoms with Crippen LogP contribution in [-0.4, -0.2) is 28.1 Å². The Morgan fingerprint density at radius 1 is 0.975 bits per heavy atom. The lowest BCUT2D eigenvalue weighted by Gasteiger charge is -2.15. The lowest BCUT2D eigenvalue weighted by atomic mass is 10.1. The molecule has 8 nitrogen and oxygen atoms in total. The molecule has 1 atom stereocenters. The minimum Gasteiger partial charge on any atom is -0.360 e. The van der Waals surface area contributed by atoms with Gasteiger partial charge in [-0.3, -0.25) is 14.4 Å². The standard InChI is InChI=1S/C30H27BrN4O4S/c1-3-26(30(38)34-27-16-19(2)39-35-27)40-24-11-7-10-23(18-24)32-29(37)25(17-20-12-14-22(31)15-13-20)33-28(36)21-8-5-4-6-9-21/h4-18,26H,3H2,1-2H3,(H,32,37)(H,33,36)(H,34,35,38)/b25-17-. The number of nitrogens with zero attached hydrogens (tertiary/aromatic N) is 1. The third kappa shape index (κ3) is 8.17. The number of halogens is 1. The van der Waals surface area contributed by atoms with E-state index in [9.17, 15) is 14.4 Å². The van der Waals surface area contributed by atoms with Crippen LogP contribution >= 0.6 is 27.7 Å². The molecule has 0 saturated carbocycles. The zero-order valence-electron chi connectivity index (χ0n) is 21.8. The predicted octanol–water partition coefficient (Wildman–Crippen LogP) is 6.66. The largest absolute Gasteiger partial charge is 0.360 e. The number of benzene rings is 3. The van der Waals surface area contributed by atoms with Gasteiger partial charge in [0.15, 0.2) is 5.82 Å². The smallest absolute Gasteiger partial charge is 0.272 e. The lowest BCUT2D eigenvalue weighted by molar-refractivity contribution is -0.116. The van der Waals surface area contributed by atoms with Crippen LogP contribution < -0.4 is 16.0 Å². The summed E-state index contributed by atoms with van der Waals surface area (Å²) in [6, 6.07) is 24.9. The normalized spacial score (nSPS) is 11.9. The van der Waals surface area contributed by atoms with Crippen molar-refractivity contribution in [2.24, 2.45) is 0 Å². The first kappa shape index (κ1) is 28.8. The molecule has 0 spiro atoms. The molecule has 4 rings (SSSR count). The number of carbonyl (C=O) groups is 3. The van der Waals surface area contributed by atoms with Crippen molar-refractivity contribution in [2.75, 3.05) is 10.6 Å². The second-order valence-corrected chi connectivity index (χ2v) is 10.9. The molecule has 1 aromatic heterocycles. The molecule has 204 valence electrons. The van der Waals surface area contributed by atoms with Crippen LogP contribution in [0.4, 0.5) is 11.5 Å². The van der Waals surface area contributed by atoms with Crippen LogP contribution in [0.25, 0.3) is 6.08 Å². The molecule has 0 aliphatic rings. The molecule has 1 unspecified atom stereocenters. The highest BCUT2D eigenvalue weighted by molar-refractivity contribution is 9.10. The summed E-state index contributed by atoms with van der Waals surface area (Å²) in [5.74, 6) is -0.111. The van der Waals surface area contributed by atoms with Gasteiger partial charge in [-0.2, -0.15) is 0 Å². The highest BCUT2D eigenvalue weighted by Gasteiger charge is 2.20. The SMILES string of the molecule is CCC(Sc1cccc(NC(=O)/C(=C/c2ccc(Br)cc2)NC(=O)c2ccccc2)c1)C(=O)Nc1cc(C)on1. The fourth-order valence-electron chi connectivity index (χ4n) is 3.63. The van der Waals surface area contributed by atoms with Gasteiger partial charge in [-0.1, -0.05) is 64.4 Å². The number of rotatable bonds is 10. The predicted molar refractivity (Wildman–Crippen MR) is 161 cm³/mol. The molecule has 0 aliphatic carbocycles. The summed E-state index contributed by atoms with van der Waals surface area (Å²) >= 11 is 4.78. The molecular weight excluding hydrogens is 592 g/mol. The van der Waals surface area contributed by atoms with Crippen molar-refractivity contribution >= 4 is 63.0 Å². The Balaban J connectivity index is 1.49. The van der Waals surface area contributed by atoms with Crippen LogP contribution in [0.15, 0.2) is 105 Å². The van der Waals surface area contributed by atoms with E-state index >= 15 is 0 Å². The highest BCUT2D eigenvalue weighted by atomic mass is 79.9. The zero-order chi connectivity index (χ0) is 28.5. The fourth-order valence-corrected chi connectivity index (χ4v) is 4.91. The van der Waals surface area contributed by atoms with Gasteiger partial charge < -0.3 is 20.5 Å². The first-order valence-electron chi connectivity index (χ1n) is 12.5. The number of amides is 3. The van der Waals surface area contributed by atoms with Crippen LogP contribution in [-0.2, 0) is 9.59 Å². The molecule has 3 amide bonds. The second-order valence-electron chi connectivity index (χ2n) is 8.74. The average Bonchev–Trinajstić information content (AvgIpc) is 3.37. The Morgan fingerprint density at radius 2 is 1.73 bits per heavy atom. The molecule has 4 aromatic rings. The number of anilines is 2. The summed E-state index contributed by atoms with van der Waals surface area (Å²) in [6.07, 6.45) is 2.19. The van der Waals surface area contributed by atoms with Crippen LogP contribution in [0, 0.1) is 6.92 Å². The number of thioether (sulfide) groups is 1. The van der Waals surface area contributed by atoms with Crippen molar-refractivity contribution in [2.45, 2.75) is 30.4 Å². The van der Waals surface area contributed by atoms with Gasteiger partial charge in [-0.05, 0) is 67.4 Å². The van der Waals surface area contributed by atoms with Crippen molar-refractivity contribution in [3.63, 3.8) is 0 Å². The quantitative estimate of drug-likeness (QED) is 0.135. The fraction of sp³-hybridized carbons (Fsp3) is 0.133. The number of nitrogens with one attached hydrogen (secondary N) is 3. The molecule has 3 aromatic carbocycles. The highest BCUT2D eigenvalue weighted by Crippen LogP contribution is 2.29. The maximum Gasteiger partial charge on any atom is 0.272 e. The van der Waals surface area contributed by atoms with Crippen LogP contribution in [0.2, 0.25) is 0 Å². The maximum atomic E-state index is 13.4. The summed E-state index contributed by atoms with van der Waals surface area (Å²) in [4.78, 5) is 39.8. The molecular formula is C30H27BrN4O4S. The molecule has 0 fully saturated rings. The number of hydrogen-bond acceptors (Lipinski definition) is 6. The van der Waals surface area contributed by atoms with E-state index in [1.165, 1.54) is 11.8 Å². The Kier molecular flexibility index (Phi) is 9.93. The number of aromatic nitrogens is 1. The lowest BCUT2D eigenvalue weighted by Crippen LogP contribution is -2.30. The van der Waals surface area contributed by atoms with E-state index in [-0.39, 0.29) is 16.9 Å². The first-order valence-corrected chi connectivity index (χ1v) is 14.1. The topological polar surface area (TPSA) is 113 Å². The van der Waals surface area contributed by atoms with Gasteiger partial charge in [0.2, 0.25) is 5.91 Å². The van der Waals surface area contributed by atoms with Crippen molar-refractivity contribution in [1.82, 2.24) is 10.5 Å². The third-order valence-corrected chi connectivity index (χ3v) is 7.51. The third-order valence-electron chi connectivity index (χ3n) is 5.62. The van der Waals surface area contributed by atoms with Crippen LogP contribution in [0.1, 0.15) is 35.0 Å². The van der Waals surface area contributed by atoms with Gasteiger partial charge in [0.25, 0.3) is 11.8 Å². The average molecular weight is 620 g/mol. The summed E-state index contributed by atoms with van der Waals surface area (Å²) in [5, 5.41) is 11.8. The van der Waals surface area contributed by atoms with E-state index in [2.05, 4.69) is 37.0 Å². The van der Waals surface area contributed by atoms with Gasteiger partial charge in [0.05, 0.1) is 5.25 Å². The van der Waals surface area contributed by atoms with E-state index < -0.39 is 11.8 Å². The van der Waals surface area contributed by atoms with Crippen molar-refractivity contribution in [1.29, 1.82) is 0 Å². The minimum atomic E-state index is -0.486. The molecule has 40 heavy (non-hydrogen) atoms. The number of hydrogen-bond donors (Lipinski definition) is 3. The van der Waals surface area contributed by atoms with Gasteiger partial charge in [-0.15, -0.1) is 11.8 Å². The van der Waals surface area contributed by atoms with Gasteiger partial charge in [0, 0.05) is 26.7 Å². The Morgan fingerprint density at radius 3 is 2.40 bits per heavy atom. The Hall–Kier alpha value is -4.15. The number of carbonyl (C=O) groups excluding carboxylic acids is 3. The van der Waals surface area contributed by atoms with E-state index in [4.69, 9.17) is 4.52 Å². The molecule has 0 bridgehead atoms. The maximum absolute atomic E-state index is 13.4. The van der Waals surface area contributed by atoms with Gasteiger partial charge in [0.1, 0.15) is 11.5 Å². The molecule has 1 heterocycles. The van der Waals surface area contributed by atoms with Crippen molar-refractivity contribution in [3.05, 3.63) is 112 Å². The zero-order valence-corrected chi connectivity index (χ0v) is 24.2. The van der Waals surface area contributed by atoms with Gasteiger partial charge in [-0.25, -0.2) is 0 Å². The molecule has 3 N–H and O–H groups in total. The Bertz CT molecular complexity index is 1520. The van der Waals surface area contributed by atoms with Crippen LogP contribution in [0.3, 0.4) is 0 Å². The van der Waals surface area contributed by atoms with E-state index in [0.29, 0.717) is 29.2 Å². The second kappa shape index (κ2) is 13.8. The minimum absolute atomic E-state index is 0.0861. The first-order chi connectivity index (χ1) is 19.3. The van der Waals surface area contributed by atoms with Crippen molar-refractivity contribution in [3.8, 4) is 0 Å². The van der Waals surface area contributed by atoms with E-state index in [1.807, 2.05) is 43.3 Å². The molecule has 0 saturated heterocycles. The number of aryl methyl sites for hydroxylation is 1. The molecule has 0 aliphatic heterocycles. The Labute approximate surface area is 244 Å². The van der Waals surface area contributed by atoms with Gasteiger partial charge >= 0.3 is 0 Å². The van der Waals surface area contributed by atoms with Crippen LogP contribution in [0.5, 0.6) is 0 Å². The monoisotopic (exact) mass is 618 g/mol. The summed E-state index contributed by atoms with van der Waals surface area (Å²) in [7, 11) is 0. The molecule has 10 heteroatoms. The van der Waals surface area contributed by atoms with E-state index in [0.717, 1.165) is 14.9 Å². The summed E-state index contributed by atoms with van der Waals surface area (Å²) in [5.41, 5.74) is 1.78.